The second kappa shape index (κ2) is 5.16. The monoisotopic (exact) mass is 278 g/mol. The summed E-state index contributed by atoms with van der Waals surface area (Å²) < 4.78 is 21.6. The second-order valence-corrected chi connectivity index (χ2v) is 4.41. The van der Waals surface area contributed by atoms with Crippen LogP contribution in [0.5, 0.6) is 0 Å². The lowest BCUT2D eigenvalue weighted by Gasteiger charge is -2.12. The summed E-state index contributed by atoms with van der Waals surface area (Å²) in [5, 5.41) is 19.8. The largest absolute Gasteiger partial charge is 0.410 e. The molecule has 0 bridgehead atoms. The molecule has 0 aromatic rings. The lowest BCUT2D eigenvalue weighted by atomic mass is 10.0. The number of allylic oxidation sites excluding steroid dienone is 4. The molecule has 0 atom stereocenters. The fourth-order valence-corrected chi connectivity index (χ4v) is 2.34. The highest BCUT2D eigenvalue weighted by molar-refractivity contribution is 7.73. The fraction of sp³-hybridized carbons (Fsp3) is 0.125. The van der Waals surface area contributed by atoms with E-state index in [4.69, 9.17) is 33.7 Å². The summed E-state index contributed by atoms with van der Waals surface area (Å²) in [6.07, 6.45) is 1.41. The molecule has 0 saturated heterocycles. The van der Waals surface area contributed by atoms with Crippen molar-refractivity contribution >= 4 is 44.1 Å². The van der Waals surface area contributed by atoms with Gasteiger partial charge in [-0.05, 0) is 0 Å². The second-order valence-electron chi connectivity index (χ2n) is 2.66. The summed E-state index contributed by atoms with van der Waals surface area (Å²) in [6, 6.07) is 1.56. The average Bonchev–Trinajstić information content (AvgIpc) is 2.23. The van der Waals surface area contributed by atoms with Crippen molar-refractivity contribution < 1.29 is 13.6 Å². The van der Waals surface area contributed by atoms with Crippen molar-refractivity contribution in [2.24, 2.45) is 5.16 Å². The summed E-state index contributed by atoms with van der Waals surface area (Å²) in [6.45, 7) is 0. The molecule has 16 heavy (non-hydrogen) atoms. The van der Waals surface area contributed by atoms with Crippen molar-refractivity contribution in [1.29, 1.82) is 5.26 Å². The number of oxime groups is 1. The van der Waals surface area contributed by atoms with Crippen LogP contribution in [0.3, 0.4) is 0 Å². The van der Waals surface area contributed by atoms with Crippen LogP contribution >= 0.6 is 23.2 Å². The molecule has 1 aliphatic carbocycles. The number of hydrogen-bond donors (Lipinski definition) is 1. The van der Waals surface area contributed by atoms with Crippen LogP contribution in [-0.4, -0.2) is 24.2 Å². The zero-order chi connectivity index (χ0) is 12.3. The maximum absolute atomic E-state index is 10.8. The molecule has 84 valence electrons. The van der Waals surface area contributed by atoms with E-state index < -0.39 is 16.0 Å². The van der Waals surface area contributed by atoms with Gasteiger partial charge in [0, 0.05) is 11.5 Å². The van der Waals surface area contributed by atoms with Crippen molar-refractivity contribution in [2.45, 2.75) is 6.42 Å². The molecule has 0 spiro atoms. The predicted octanol–water partition coefficient (Wildman–Crippen LogP) is 1.41. The number of halogens is 2. The minimum Gasteiger partial charge on any atom is -0.410 e. The Kier molecular flexibility index (Phi) is 4.12. The van der Waals surface area contributed by atoms with Gasteiger partial charge in [0.2, 0.25) is 10.3 Å². The average molecular weight is 279 g/mol. The third kappa shape index (κ3) is 2.27. The van der Waals surface area contributed by atoms with Crippen molar-refractivity contribution in [3.8, 4) is 6.07 Å². The minimum absolute atomic E-state index is 0.0431. The van der Waals surface area contributed by atoms with Crippen LogP contribution in [0, 0.1) is 11.3 Å². The molecule has 0 aromatic heterocycles. The van der Waals surface area contributed by atoms with Gasteiger partial charge < -0.3 is 5.21 Å². The van der Waals surface area contributed by atoms with E-state index in [9.17, 15) is 8.42 Å². The molecule has 0 amide bonds. The Morgan fingerprint density at radius 1 is 1.56 bits per heavy atom. The molecular formula is C8H4Cl2N2O3S. The maximum Gasteiger partial charge on any atom is 0.219 e. The Labute approximate surface area is 102 Å². The third-order valence-electron chi connectivity index (χ3n) is 1.81. The van der Waals surface area contributed by atoms with Crippen LogP contribution in [-0.2, 0) is 10.3 Å². The highest BCUT2D eigenvalue weighted by atomic mass is 35.5. The molecule has 0 saturated carbocycles. The first kappa shape index (κ1) is 12.8. The summed E-state index contributed by atoms with van der Waals surface area (Å²) in [7, 11) is -2.51. The Morgan fingerprint density at radius 2 is 2.19 bits per heavy atom. The molecule has 1 N–H and O–H groups in total. The maximum atomic E-state index is 10.8. The number of hydrogen-bond acceptors (Lipinski definition) is 5. The molecule has 0 heterocycles. The first-order valence-electron chi connectivity index (χ1n) is 3.86. The number of nitriles is 1. The lowest BCUT2D eigenvalue weighted by Crippen LogP contribution is -2.13. The molecule has 0 radical (unpaired) electrons. The quantitative estimate of drug-likeness (QED) is 0.340. The van der Waals surface area contributed by atoms with Gasteiger partial charge in [0.15, 0.2) is 5.71 Å². The van der Waals surface area contributed by atoms with Gasteiger partial charge in [-0.3, -0.25) is 0 Å². The van der Waals surface area contributed by atoms with E-state index in [0.29, 0.717) is 0 Å². The smallest absolute Gasteiger partial charge is 0.219 e. The van der Waals surface area contributed by atoms with E-state index in [1.807, 2.05) is 0 Å². The van der Waals surface area contributed by atoms with Crippen LogP contribution in [0.25, 0.3) is 0 Å². The van der Waals surface area contributed by atoms with E-state index in [2.05, 4.69) is 5.16 Å². The van der Waals surface area contributed by atoms with Crippen molar-refractivity contribution in [1.82, 2.24) is 0 Å². The summed E-state index contributed by atoms with van der Waals surface area (Å²) >= 11 is 11.5. The summed E-state index contributed by atoms with van der Waals surface area (Å²) in [5.74, 6) is 0. The highest BCUT2D eigenvalue weighted by Gasteiger charge is 2.24. The molecule has 0 aromatic carbocycles. The van der Waals surface area contributed by atoms with Crippen LogP contribution in [0.1, 0.15) is 6.42 Å². The van der Waals surface area contributed by atoms with Gasteiger partial charge in [-0.15, -0.1) is 0 Å². The minimum atomic E-state index is -2.51. The third-order valence-corrected chi connectivity index (χ3v) is 3.46. The lowest BCUT2D eigenvalue weighted by molar-refractivity contribution is 0.320. The van der Waals surface area contributed by atoms with Crippen molar-refractivity contribution in [3.05, 3.63) is 21.7 Å². The highest BCUT2D eigenvalue weighted by Crippen LogP contribution is 2.29. The van der Waals surface area contributed by atoms with Gasteiger partial charge in [0.05, 0.1) is 15.5 Å². The van der Waals surface area contributed by atoms with E-state index in [1.54, 1.807) is 6.07 Å². The van der Waals surface area contributed by atoms with E-state index in [0.717, 1.165) is 0 Å². The van der Waals surface area contributed by atoms with Gasteiger partial charge in [-0.25, -0.2) is 0 Å². The van der Waals surface area contributed by atoms with E-state index in [1.165, 1.54) is 6.08 Å². The van der Waals surface area contributed by atoms with Gasteiger partial charge in [0.1, 0.15) is 6.07 Å². The predicted molar refractivity (Wildman–Crippen MR) is 60.2 cm³/mol. The van der Waals surface area contributed by atoms with Gasteiger partial charge in [-0.2, -0.15) is 13.7 Å². The van der Waals surface area contributed by atoms with Crippen LogP contribution in [0.15, 0.2) is 26.9 Å². The first-order valence-corrected chi connectivity index (χ1v) is 5.69. The summed E-state index contributed by atoms with van der Waals surface area (Å²) in [5.41, 5.74) is -0.521. The molecule has 0 aliphatic heterocycles. The Bertz CT molecular complexity index is 585. The molecule has 0 unspecified atom stereocenters. The Morgan fingerprint density at radius 3 is 2.62 bits per heavy atom. The van der Waals surface area contributed by atoms with Gasteiger partial charge in [-0.1, -0.05) is 34.4 Å². The zero-order valence-corrected chi connectivity index (χ0v) is 9.94. The molecule has 8 heteroatoms. The molecule has 0 fully saturated rings. The fourth-order valence-electron chi connectivity index (χ4n) is 1.10. The normalized spacial score (nSPS) is 16.9. The summed E-state index contributed by atoms with van der Waals surface area (Å²) in [4.78, 5) is -0.0996. The van der Waals surface area contributed by atoms with Crippen LogP contribution in [0.2, 0.25) is 0 Å². The Hall–Kier alpha value is -1.29. The van der Waals surface area contributed by atoms with Crippen molar-refractivity contribution in [3.63, 3.8) is 0 Å². The standard InChI is InChI=1S/C8H4Cl2N2O3S/c9-4-1-2-6(16(14)15)8(10)7(4)5(3-11)12-13/h1,13H,2H2. The number of nitrogens with zero attached hydrogens (tertiary/aromatic N) is 2. The van der Waals surface area contributed by atoms with Gasteiger partial charge >= 0.3 is 0 Å². The van der Waals surface area contributed by atoms with Crippen LogP contribution < -0.4 is 0 Å². The SMILES string of the molecule is N#CC(=NO)C1=C(Cl)C(=S(=O)=O)CC=C1Cl. The first-order chi connectivity index (χ1) is 7.52. The zero-order valence-electron chi connectivity index (χ0n) is 7.61. The van der Waals surface area contributed by atoms with Crippen molar-refractivity contribution in [2.75, 3.05) is 0 Å². The Balaban J connectivity index is 3.56. The molecular weight excluding hydrogens is 275 g/mol. The topological polar surface area (TPSA) is 90.5 Å². The van der Waals surface area contributed by atoms with E-state index in [-0.39, 0.29) is 26.9 Å². The molecule has 5 nitrogen and oxygen atoms in total. The van der Waals surface area contributed by atoms with Gasteiger partial charge in [0.25, 0.3) is 0 Å². The van der Waals surface area contributed by atoms with E-state index >= 15 is 0 Å². The molecule has 1 rings (SSSR count). The van der Waals surface area contributed by atoms with Crippen LogP contribution in [0.4, 0.5) is 0 Å². The molecule has 1 aliphatic rings. The number of rotatable bonds is 1.